The minimum Gasteiger partial charge on any atom is -0.370 e. The summed E-state index contributed by atoms with van der Waals surface area (Å²) in [5.41, 5.74) is 7.23. The highest BCUT2D eigenvalue weighted by Crippen LogP contribution is 2.33. The number of rotatable bonds is 8. The van der Waals surface area contributed by atoms with Crippen LogP contribution in [0.5, 0.6) is 0 Å². The monoisotopic (exact) mass is 424 g/mol. The number of halogens is 1. The number of amides is 2. The Morgan fingerprint density at radius 3 is 2.45 bits per heavy atom. The van der Waals surface area contributed by atoms with Crippen LogP contribution in [0.3, 0.4) is 0 Å². The number of thiophene rings is 1. The summed E-state index contributed by atoms with van der Waals surface area (Å²) in [5.74, 6) is -0.592. The number of hydrogen-bond acceptors (Lipinski definition) is 3. The van der Waals surface area contributed by atoms with Gasteiger partial charge in [0.15, 0.2) is 0 Å². The molecule has 0 fully saturated rings. The molecule has 0 saturated carbocycles. The molecule has 6 heteroatoms. The van der Waals surface area contributed by atoms with Crippen molar-refractivity contribution in [2.24, 2.45) is 5.73 Å². The summed E-state index contributed by atoms with van der Waals surface area (Å²) in [6.07, 6.45) is 3.45. The van der Waals surface area contributed by atoms with Gasteiger partial charge in [0.2, 0.25) is 11.8 Å². The second-order valence-electron chi connectivity index (χ2n) is 6.48. The van der Waals surface area contributed by atoms with Crippen molar-refractivity contribution in [3.05, 3.63) is 88.3 Å². The molecule has 0 unspecified atom stereocenters. The van der Waals surface area contributed by atoms with E-state index in [1.165, 1.54) is 6.08 Å². The summed E-state index contributed by atoms with van der Waals surface area (Å²) >= 11 is 7.82. The van der Waals surface area contributed by atoms with Crippen molar-refractivity contribution in [3.63, 3.8) is 0 Å². The zero-order chi connectivity index (χ0) is 20.6. The Bertz CT molecular complexity index is 1010. The number of benzene rings is 2. The number of carbonyl (C=O) groups excluding carboxylic acids is 2. The van der Waals surface area contributed by atoms with E-state index in [0.29, 0.717) is 11.6 Å². The third-order valence-corrected chi connectivity index (χ3v) is 5.73. The van der Waals surface area contributed by atoms with Gasteiger partial charge in [-0.15, -0.1) is 11.3 Å². The second kappa shape index (κ2) is 10.0. The Kier molecular flexibility index (Phi) is 7.22. The zero-order valence-electron chi connectivity index (χ0n) is 15.8. The highest BCUT2D eigenvalue weighted by Gasteiger charge is 2.13. The summed E-state index contributed by atoms with van der Waals surface area (Å²) in [6, 6.07) is 21.3. The zero-order valence-corrected chi connectivity index (χ0v) is 17.3. The highest BCUT2D eigenvalue weighted by atomic mass is 35.5. The topological polar surface area (TPSA) is 63.4 Å². The van der Waals surface area contributed by atoms with Crippen LogP contribution in [0.4, 0.5) is 0 Å². The molecule has 4 nitrogen and oxygen atoms in total. The predicted octanol–water partition coefficient (Wildman–Crippen LogP) is 4.99. The molecular weight excluding hydrogens is 404 g/mol. The van der Waals surface area contributed by atoms with Crippen molar-refractivity contribution in [2.45, 2.75) is 13.0 Å². The van der Waals surface area contributed by atoms with Gasteiger partial charge in [0.05, 0.1) is 0 Å². The van der Waals surface area contributed by atoms with Crippen LogP contribution in [0.2, 0.25) is 5.02 Å². The van der Waals surface area contributed by atoms with Crippen molar-refractivity contribution < 1.29 is 9.59 Å². The third-order valence-electron chi connectivity index (χ3n) is 4.31. The molecule has 0 atom stereocenters. The second-order valence-corrected chi connectivity index (χ2v) is 8.00. The van der Waals surface area contributed by atoms with Crippen LogP contribution in [0.15, 0.2) is 72.8 Å². The summed E-state index contributed by atoms with van der Waals surface area (Å²) in [7, 11) is 0. The molecule has 0 bridgehead atoms. The van der Waals surface area contributed by atoms with Gasteiger partial charge >= 0.3 is 0 Å². The quantitative estimate of drug-likeness (QED) is 0.518. The molecule has 0 saturated heterocycles. The van der Waals surface area contributed by atoms with Crippen LogP contribution in [0.1, 0.15) is 16.9 Å². The van der Waals surface area contributed by atoms with Gasteiger partial charge < -0.3 is 10.6 Å². The molecule has 2 amide bonds. The van der Waals surface area contributed by atoms with Crippen LogP contribution in [-0.2, 0) is 16.1 Å². The molecule has 0 spiro atoms. The van der Waals surface area contributed by atoms with E-state index in [4.69, 9.17) is 17.3 Å². The smallest absolute Gasteiger partial charge is 0.246 e. The lowest BCUT2D eigenvalue weighted by molar-refractivity contribution is -0.127. The standard InChI is InChI=1S/C23H21ClN2O2S/c24-20-9-5-4-8-19(20)21-12-10-18(29-21)11-13-23(28)26(15-14-22(25)27)16-17-6-2-1-3-7-17/h1-13H,14-16H2,(H2,25,27)/b13-11+. The largest absolute Gasteiger partial charge is 0.370 e. The Labute approximate surface area is 179 Å². The van der Waals surface area contributed by atoms with Gasteiger partial charge in [0, 0.05) is 45.9 Å². The lowest BCUT2D eigenvalue weighted by Gasteiger charge is -2.20. The van der Waals surface area contributed by atoms with E-state index in [1.54, 1.807) is 22.3 Å². The minimum absolute atomic E-state index is 0.127. The fourth-order valence-electron chi connectivity index (χ4n) is 2.82. The maximum Gasteiger partial charge on any atom is 0.246 e. The van der Waals surface area contributed by atoms with Gasteiger partial charge in [-0.25, -0.2) is 0 Å². The average molecular weight is 425 g/mol. The summed E-state index contributed by atoms with van der Waals surface area (Å²) < 4.78 is 0. The van der Waals surface area contributed by atoms with Crippen LogP contribution in [0.25, 0.3) is 16.5 Å². The fourth-order valence-corrected chi connectivity index (χ4v) is 4.07. The molecule has 0 aliphatic rings. The van der Waals surface area contributed by atoms with E-state index in [9.17, 15) is 9.59 Å². The number of primary amides is 1. The summed E-state index contributed by atoms with van der Waals surface area (Å²) in [4.78, 5) is 27.5. The van der Waals surface area contributed by atoms with Gasteiger partial charge in [-0.2, -0.15) is 0 Å². The Balaban J connectivity index is 1.72. The van der Waals surface area contributed by atoms with E-state index < -0.39 is 5.91 Å². The molecule has 0 aliphatic heterocycles. The van der Waals surface area contributed by atoms with Crippen molar-refractivity contribution >= 4 is 40.8 Å². The van der Waals surface area contributed by atoms with Crippen molar-refractivity contribution in [2.75, 3.05) is 6.54 Å². The lowest BCUT2D eigenvalue weighted by Crippen LogP contribution is -2.32. The SMILES string of the molecule is NC(=O)CCN(Cc1ccccc1)C(=O)/C=C/c1ccc(-c2ccccc2Cl)s1. The minimum atomic E-state index is -0.428. The van der Waals surface area contributed by atoms with Crippen LogP contribution < -0.4 is 5.73 Å². The molecule has 2 N–H and O–H groups in total. The molecular formula is C23H21ClN2O2S. The summed E-state index contributed by atoms with van der Waals surface area (Å²) in [6.45, 7) is 0.704. The van der Waals surface area contributed by atoms with Gasteiger partial charge in [-0.1, -0.05) is 60.1 Å². The van der Waals surface area contributed by atoms with E-state index >= 15 is 0 Å². The normalized spacial score (nSPS) is 10.9. The summed E-state index contributed by atoms with van der Waals surface area (Å²) in [5, 5.41) is 0.696. The predicted molar refractivity (Wildman–Crippen MR) is 119 cm³/mol. The molecule has 0 radical (unpaired) electrons. The van der Waals surface area contributed by atoms with E-state index in [-0.39, 0.29) is 18.9 Å². The molecule has 2 aromatic carbocycles. The average Bonchev–Trinajstić information content (AvgIpc) is 3.19. The van der Waals surface area contributed by atoms with Crippen LogP contribution in [0, 0.1) is 0 Å². The molecule has 3 aromatic rings. The van der Waals surface area contributed by atoms with Gasteiger partial charge in [0.25, 0.3) is 0 Å². The molecule has 148 valence electrons. The highest BCUT2D eigenvalue weighted by molar-refractivity contribution is 7.16. The molecule has 0 aliphatic carbocycles. The molecule has 29 heavy (non-hydrogen) atoms. The number of hydrogen-bond donors (Lipinski definition) is 1. The Hall–Kier alpha value is -2.89. The van der Waals surface area contributed by atoms with Crippen molar-refractivity contribution in [3.8, 4) is 10.4 Å². The van der Waals surface area contributed by atoms with Crippen molar-refractivity contribution in [1.82, 2.24) is 4.90 Å². The maximum absolute atomic E-state index is 12.7. The Morgan fingerprint density at radius 1 is 1.00 bits per heavy atom. The maximum atomic E-state index is 12.7. The molecule has 1 aromatic heterocycles. The number of carbonyl (C=O) groups is 2. The third kappa shape index (κ3) is 6.04. The van der Waals surface area contributed by atoms with Gasteiger partial charge in [-0.3, -0.25) is 9.59 Å². The lowest BCUT2D eigenvalue weighted by atomic mass is 10.2. The number of nitrogens with two attached hydrogens (primary N) is 1. The first-order chi connectivity index (χ1) is 14.0. The molecule has 3 rings (SSSR count). The first-order valence-electron chi connectivity index (χ1n) is 9.17. The van der Waals surface area contributed by atoms with Gasteiger partial charge in [0.1, 0.15) is 0 Å². The van der Waals surface area contributed by atoms with Gasteiger partial charge in [-0.05, 0) is 29.8 Å². The van der Waals surface area contributed by atoms with Crippen molar-refractivity contribution in [1.29, 1.82) is 0 Å². The van der Waals surface area contributed by atoms with E-state index in [2.05, 4.69) is 0 Å². The Morgan fingerprint density at radius 2 is 1.72 bits per heavy atom. The van der Waals surface area contributed by atoms with Crippen LogP contribution in [-0.4, -0.2) is 23.3 Å². The molecule has 1 heterocycles. The fraction of sp³-hybridized carbons (Fsp3) is 0.130. The number of nitrogens with zero attached hydrogens (tertiary/aromatic N) is 1. The first kappa shape index (κ1) is 20.8. The van der Waals surface area contributed by atoms with Crippen LogP contribution >= 0.6 is 22.9 Å². The van der Waals surface area contributed by atoms with E-state index in [1.807, 2.05) is 66.7 Å². The first-order valence-corrected chi connectivity index (χ1v) is 10.4. The van der Waals surface area contributed by atoms with E-state index in [0.717, 1.165) is 20.9 Å².